The fourth-order valence-corrected chi connectivity index (χ4v) is 1.25. The van der Waals surface area contributed by atoms with Gasteiger partial charge in [0.15, 0.2) is 5.82 Å². The van der Waals surface area contributed by atoms with Crippen LogP contribution in [0.3, 0.4) is 0 Å². The minimum atomic E-state index is -0.388. The summed E-state index contributed by atoms with van der Waals surface area (Å²) in [6.07, 6.45) is 1.58. The number of nitrogens with one attached hydrogen (secondary N) is 2. The van der Waals surface area contributed by atoms with E-state index >= 15 is 0 Å². The minimum Gasteiger partial charge on any atom is -0.327 e. The molecule has 0 aliphatic rings. The average Bonchev–Trinajstić information content (AvgIpc) is 2.63. The largest absolute Gasteiger partial charge is 0.339 e. The van der Waals surface area contributed by atoms with Crippen molar-refractivity contribution in [2.45, 2.75) is 26.8 Å². The van der Waals surface area contributed by atoms with Crippen LogP contribution in [0.25, 0.3) is 0 Å². The zero-order chi connectivity index (χ0) is 12.8. The normalized spacial score (nSPS) is 12.5. The molecule has 1 aromatic rings. The Morgan fingerprint density at radius 1 is 1.53 bits per heavy atom. The number of rotatable bonds is 5. The summed E-state index contributed by atoms with van der Waals surface area (Å²) in [5.41, 5.74) is 2.32. The second kappa shape index (κ2) is 6.19. The molecule has 0 saturated carbocycles. The maximum Gasteiger partial charge on any atom is 0.339 e. The number of hydroxylamine groups is 1. The number of hydrogen-bond donors (Lipinski definition) is 2. The number of hydrogen-bond acceptors (Lipinski definition) is 4. The number of nitrogens with zero attached hydrogens (tertiary/aromatic N) is 3. The number of amides is 2. The molecule has 0 aromatic carbocycles. The summed E-state index contributed by atoms with van der Waals surface area (Å²) in [6, 6.07) is -0.619. The fourth-order valence-electron chi connectivity index (χ4n) is 1.25. The molecule has 0 spiro atoms. The van der Waals surface area contributed by atoms with Crippen LogP contribution in [0, 0.1) is 5.92 Å². The second-order valence-electron chi connectivity index (χ2n) is 4.30. The van der Waals surface area contributed by atoms with Crippen LogP contribution < -0.4 is 10.8 Å². The van der Waals surface area contributed by atoms with Crippen molar-refractivity contribution in [2.24, 2.45) is 13.0 Å². The molecule has 1 heterocycles. The van der Waals surface area contributed by atoms with Gasteiger partial charge in [-0.15, -0.1) is 10.2 Å². The van der Waals surface area contributed by atoms with Crippen LogP contribution in [-0.2, 0) is 11.9 Å². The highest BCUT2D eigenvalue weighted by atomic mass is 16.7. The first-order valence-corrected chi connectivity index (χ1v) is 5.53. The van der Waals surface area contributed by atoms with Crippen molar-refractivity contribution >= 4 is 6.03 Å². The number of carbonyl (C=O) groups excluding carboxylic acids is 1. The quantitative estimate of drug-likeness (QED) is 0.746. The molecule has 0 aliphatic carbocycles. The van der Waals surface area contributed by atoms with Gasteiger partial charge in [0, 0.05) is 7.05 Å². The zero-order valence-electron chi connectivity index (χ0n) is 10.6. The Bertz CT molecular complexity index is 363. The van der Waals surface area contributed by atoms with Crippen molar-refractivity contribution in [3.63, 3.8) is 0 Å². The van der Waals surface area contributed by atoms with E-state index in [1.807, 2.05) is 27.8 Å². The molecule has 0 bridgehead atoms. The van der Waals surface area contributed by atoms with Crippen LogP contribution >= 0.6 is 0 Å². The van der Waals surface area contributed by atoms with Crippen molar-refractivity contribution in [3.05, 3.63) is 12.2 Å². The lowest BCUT2D eigenvalue weighted by Crippen LogP contribution is -2.38. The van der Waals surface area contributed by atoms with E-state index in [9.17, 15) is 4.79 Å². The van der Waals surface area contributed by atoms with E-state index in [0.717, 1.165) is 0 Å². The first-order chi connectivity index (χ1) is 8.00. The standard InChI is InChI=1S/C10H19N5O2/c1-7(2)5-17-14-10(16)12-8(3)9-13-11-6-15(9)4/h6-8H,5H2,1-4H3,(H2,12,14,16)/t8-/m1/s1. The van der Waals surface area contributed by atoms with E-state index in [-0.39, 0.29) is 12.1 Å². The van der Waals surface area contributed by atoms with Gasteiger partial charge in [-0.2, -0.15) is 0 Å². The van der Waals surface area contributed by atoms with E-state index in [2.05, 4.69) is 21.0 Å². The highest BCUT2D eigenvalue weighted by Gasteiger charge is 2.13. The summed E-state index contributed by atoms with van der Waals surface area (Å²) in [4.78, 5) is 16.4. The van der Waals surface area contributed by atoms with E-state index in [4.69, 9.17) is 4.84 Å². The monoisotopic (exact) mass is 241 g/mol. The molecule has 7 nitrogen and oxygen atoms in total. The van der Waals surface area contributed by atoms with Crippen molar-refractivity contribution in [1.82, 2.24) is 25.6 Å². The van der Waals surface area contributed by atoms with Gasteiger partial charge in [0.05, 0.1) is 12.6 Å². The molecule has 0 radical (unpaired) electrons. The molecule has 0 aliphatic heterocycles. The third-order valence-electron chi connectivity index (χ3n) is 2.06. The van der Waals surface area contributed by atoms with Crippen molar-refractivity contribution < 1.29 is 9.63 Å². The van der Waals surface area contributed by atoms with Gasteiger partial charge >= 0.3 is 6.03 Å². The summed E-state index contributed by atoms with van der Waals surface area (Å²) >= 11 is 0. The molecule has 0 unspecified atom stereocenters. The van der Waals surface area contributed by atoms with E-state index in [0.29, 0.717) is 18.3 Å². The van der Waals surface area contributed by atoms with Gasteiger partial charge in [-0.1, -0.05) is 13.8 Å². The topological polar surface area (TPSA) is 81.1 Å². The predicted molar refractivity (Wildman–Crippen MR) is 61.9 cm³/mol. The van der Waals surface area contributed by atoms with Crippen molar-refractivity contribution in [1.29, 1.82) is 0 Å². The first-order valence-electron chi connectivity index (χ1n) is 5.53. The van der Waals surface area contributed by atoms with Gasteiger partial charge in [0.2, 0.25) is 0 Å². The Kier molecular flexibility index (Phi) is 4.89. The SMILES string of the molecule is CC(C)CONC(=O)N[C@H](C)c1nncn1C. The Balaban J connectivity index is 2.34. The van der Waals surface area contributed by atoms with E-state index in [1.165, 1.54) is 0 Å². The van der Waals surface area contributed by atoms with Crippen LogP contribution in [0.1, 0.15) is 32.6 Å². The lowest BCUT2D eigenvalue weighted by molar-refractivity contribution is 0.0433. The third kappa shape index (κ3) is 4.39. The van der Waals surface area contributed by atoms with Crippen LogP contribution in [-0.4, -0.2) is 27.4 Å². The number of carbonyl (C=O) groups is 1. The highest BCUT2D eigenvalue weighted by molar-refractivity contribution is 5.73. The molecule has 0 fully saturated rings. The van der Waals surface area contributed by atoms with E-state index in [1.54, 1.807) is 10.9 Å². The molecule has 96 valence electrons. The van der Waals surface area contributed by atoms with Gasteiger partial charge in [-0.05, 0) is 12.8 Å². The molecule has 2 amide bonds. The van der Waals surface area contributed by atoms with Crippen molar-refractivity contribution in [2.75, 3.05) is 6.61 Å². The maximum absolute atomic E-state index is 11.4. The molecule has 1 atom stereocenters. The summed E-state index contributed by atoms with van der Waals surface area (Å²) < 4.78 is 1.75. The predicted octanol–water partition coefficient (Wildman–Crippen LogP) is 0.763. The number of aryl methyl sites for hydroxylation is 1. The van der Waals surface area contributed by atoms with E-state index < -0.39 is 0 Å². The molecular weight excluding hydrogens is 222 g/mol. The number of aromatic nitrogens is 3. The molecule has 0 saturated heterocycles. The lowest BCUT2D eigenvalue weighted by atomic mass is 10.2. The lowest BCUT2D eigenvalue weighted by Gasteiger charge is -2.14. The fraction of sp³-hybridized carbons (Fsp3) is 0.700. The Labute approximate surface area is 101 Å². The van der Waals surface area contributed by atoms with Crippen LogP contribution in [0.15, 0.2) is 6.33 Å². The average molecular weight is 241 g/mol. The summed E-state index contributed by atoms with van der Waals surface area (Å²) in [5.74, 6) is 1.05. The van der Waals surface area contributed by atoms with Gasteiger partial charge in [0.25, 0.3) is 0 Å². The Hall–Kier alpha value is -1.63. The smallest absolute Gasteiger partial charge is 0.327 e. The Morgan fingerprint density at radius 2 is 2.24 bits per heavy atom. The summed E-state index contributed by atoms with van der Waals surface area (Å²) in [6.45, 7) is 6.31. The third-order valence-corrected chi connectivity index (χ3v) is 2.06. The van der Waals surface area contributed by atoms with Crippen LogP contribution in [0.4, 0.5) is 4.79 Å². The molecule has 2 N–H and O–H groups in total. The highest BCUT2D eigenvalue weighted by Crippen LogP contribution is 2.06. The van der Waals surface area contributed by atoms with Crippen LogP contribution in [0.5, 0.6) is 0 Å². The minimum absolute atomic E-state index is 0.231. The maximum atomic E-state index is 11.4. The van der Waals surface area contributed by atoms with Gasteiger partial charge < -0.3 is 9.88 Å². The molecule has 1 rings (SSSR count). The molecule has 7 heteroatoms. The molecule has 1 aromatic heterocycles. The Morgan fingerprint density at radius 3 is 2.76 bits per heavy atom. The van der Waals surface area contributed by atoms with Crippen molar-refractivity contribution in [3.8, 4) is 0 Å². The molecular formula is C10H19N5O2. The second-order valence-corrected chi connectivity index (χ2v) is 4.30. The summed E-state index contributed by atoms with van der Waals surface area (Å²) in [5, 5.41) is 10.4. The first kappa shape index (κ1) is 13.4. The number of urea groups is 1. The van der Waals surface area contributed by atoms with Gasteiger partial charge in [-0.3, -0.25) is 4.84 Å². The van der Waals surface area contributed by atoms with Crippen LogP contribution in [0.2, 0.25) is 0 Å². The van der Waals surface area contributed by atoms with Gasteiger partial charge in [-0.25, -0.2) is 10.3 Å². The zero-order valence-corrected chi connectivity index (χ0v) is 10.6. The molecule has 17 heavy (non-hydrogen) atoms. The van der Waals surface area contributed by atoms with Gasteiger partial charge in [0.1, 0.15) is 6.33 Å². The summed E-state index contributed by atoms with van der Waals surface area (Å²) in [7, 11) is 1.82.